The highest BCUT2D eigenvalue weighted by atomic mass is 16.6. The number of esters is 2. The van der Waals surface area contributed by atoms with E-state index >= 15 is 0 Å². The normalized spacial score (nSPS) is 17.3. The van der Waals surface area contributed by atoms with Crippen molar-refractivity contribution in [3.05, 3.63) is 0 Å². The smallest absolute Gasteiger partial charge is 0.344 e. The van der Waals surface area contributed by atoms with Crippen molar-refractivity contribution < 1.29 is 19.1 Å². The van der Waals surface area contributed by atoms with Crippen LogP contribution in [0.4, 0.5) is 0 Å². The van der Waals surface area contributed by atoms with Gasteiger partial charge in [0.15, 0.2) is 6.61 Å². The van der Waals surface area contributed by atoms with Crippen LogP contribution in [-0.4, -0.2) is 24.1 Å². The molecule has 0 aromatic carbocycles. The highest BCUT2D eigenvalue weighted by Crippen LogP contribution is 2.34. The fourth-order valence-corrected chi connectivity index (χ4v) is 2.50. The summed E-state index contributed by atoms with van der Waals surface area (Å²) < 4.78 is 10.4. The molecule has 1 saturated carbocycles. The van der Waals surface area contributed by atoms with Gasteiger partial charge in [0, 0.05) is 0 Å². The molecule has 0 atom stereocenters. The summed E-state index contributed by atoms with van der Waals surface area (Å²) in [6.45, 7) is 7.09. The maximum atomic E-state index is 11.7. The van der Waals surface area contributed by atoms with Crippen LogP contribution in [0.5, 0.6) is 0 Å². The van der Waals surface area contributed by atoms with E-state index in [9.17, 15) is 9.59 Å². The minimum absolute atomic E-state index is 0.223. The Bertz CT molecular complexity index is 314. The van der Waals surface area contributed by atoms with Crippen LogP contribution in [0.3, 0.4) is 0 Å². The molecule has 1 aliphatic rings. The molecule has 0 amide bonds. The Morgan fingerprint density at radius 1 is 1.16 bits per heavy atom. The molecule has 0 heterocycles. The predicted octanol–water partition coefficient (Wildman–Crippen LogP) is 3.09. The number of carbonyl (C=O) groups is 2. The third-order valence-corrected chi connectivity index (χ3v) is 3.77. The van der Waals surface area contributed by atoms with Gasteiger partial charge in [-0.15, -0.1) is 0 Å². The topological polar surface area (TPSA) is 52.6 Å². The molecule has 110 valence electrons. The maximum Gasteiger partial charge on any atom is 0.344 e. The molecule has 19 heavy (non-hydrogen) atoms. The summed E-state index contributed by atoms with van der Waals surface area (Å²) >= 11 is 0. The van der Waals surface area contributed by atoms with Crippen molar-refractivity contribution in [1.29, 1.82) is 0 Å². The van der Waals surface area contributed by atoms with Crippen molar-refractivity contribution in [3.63, 3.8) is 0 Å². The Balaban J connectivity index is 2.39. The van der Waals surface area contributed by atoms with Crippen molar-refractivity contribution in [2.75, 3.05) is 6.61 Å². The van der Waals surface area contributed by atoms with E-state index in [1.807, 2.05) is 13.8 Å². The summed E-state index contributed by atoms with van der Waals surface area (Å²) in [5.41, 5.74) is -0.470. The van der Waals surface area contributed by atoms with E-state index in [1.54, 1.807) is 13.8 Å². The average Bonchev–Trinajstić information content (AvgIpc) is 2.36. The first-order valence-corrected chi connectivity index (χ1v) is 7.21. The molecular weight excluding hydrogens is 244 g/mol. The second kappa shape index (κ2) is 6.92. The molecule has 4 nitrogen and oxygen atoms in total. The molecule has 0 spiro atoms. The number of hydrogen-bond donors (Lipinski definition) is 0. The number of ether oxygens (including phenoxy) is 2. The Morgan fingerprint density at radius 3 is 2.26 bits per heavy atom. The van der Waals surface area contributed by atoms with Gasteiger partial charge in [-0.25, -0.2) is 4.79 Å². The van der Waals surface area contributed by atoms with Gasteiger partial charge >= 0.3 is 11.9 Å². The Hall–Kier alpha value is -1.06. The molecule has 1 fully saturated rings. The molecule has 1 aliphatic carbocycles. The summed E-state index contributed by atoms with van der Waals surface area (Å²) in [5, 5.41) is 0. The lowest BCUT2D eigenvalue weighted by atomic mass is 9.79. The molecule has 0 aromatic heterocycles. The molecule has 0 aliphatic heterocycles. The first-order chi connectivity index (χ1) is 8.83. The van der Waals surface area contributed by atoms with Gasteiger partial charge in [-0.3, -0.25) is 4.79 Å². The molecule has 1 rings (SSSR count). The highest BCUT2D eigenvalue weighted by Gasteiger charge is 2.34. The summed E-state index contributed by atoms with van der Waals surface area (Å²) in [4.78, 5) is 23.0. The minimum Gasteiger partial charge on any atom is -0.457 e. The molecule has 0 saturated heterocycles. The zero-order chi connectivity index (χ0) is 14.5. The SMILES string of the molecule is CC(C)C(=O)OCC(=O)OC(C)(C)C1CCCCC1. The quantitative estimate of drug-likeness (QED) is 0.720. The van der Waals surface area contributed by atoms with Crippen molar-refractivity contribution in [3.8, 4) is 0 Å². The van der Waals surface area contributed by atoms with Crippen LogP contribution >= 0.6 is 0 Å². The van der Waals surface area contributed by atoms with Gasteiger partial charge in [-0.2, -0.15) is 0 Å². The van der Waals surface area contributed by atoms with E-state index in [0.29, 0.717) is 5.92 Å². The van der Waals surface area contributed by atoms with Crippen molar-refractivity contribution in [2.45, 2.75) is 65.4 Å². The Kier molecular flexibility index (Phi) is 5.83. The minimum atomic E-state index is -0.470. The highest BCUT2D eigenvalue weighted by molar-refractivity contribution is 5.77. The lowest BCUT2D eigenvalue weighted by Crippen LogP contribution is -2.39. The van der Waals surface area contributed by atoms with Gasteiger partial charge in [-0.1, -0.05) is 33.1 Å². The lowest BCUT2D eigenvalue weighted by molar-refractivity contribution is -0.173. The first-order valence-electron chi connectivity index (χ1n) is 7.21. The van der Waals surface area contributed by atoms with E-state index in [0.717, 1.165) is 12.8 Å². The molecule has 0 unspecified atom stereocenters. The van der Waals surface area contributed by atoms with Crippen LogP contribution in [0.25, 0.3) is 0 Å². The largest absolute Gasteiger partial charge is 0.457 e. The summed E-state index contributed by atoms with van der Waals surface area (Å²) in [6.07, 6.45) is 5.88. The molecule has 0 N–H and O–H groups in total. The Labute approximate surface area is 115 Å². The molecule has 4 heteroatoms. The van der Waals surface area contributed by atoms with E-state index in [4.69, 9.17) is 9.47 Å². The number of hydrogen-bond acceptors (Lipinski definition) is 4. The molecule has 0 bridgehead atoms. The fraction of sp³-hybridized carbons (Fsp3) is 0.867. The van der Waals surface area contributed by atoms with Crippen LogP contribution in [0.2, 0.25) is 0 Å². The molecular formula is C15H26O4. The molecule has 0 aromatic rings. The third-order valence-electron chi connectivity index (χ3n) is 3.77. The molecule has 0 radical (unpaired) electrons. The maximum absolute atomic E-state index is 11.7. The Morgan fingerprint density at radius 2 is 1.74 bits per heavy atom. The van der Waals surface area contributed by atoms with E-state index in [1.165, 1.54) is 19.3 Å². The van der Waals surface area contributed by atoms with Crippen molar-refractivity contribution in [2.24, 2.45) is 11.8 Å². The van der Waals surface area contributed by atoms with Crippen molar-refractivity contribution in [1.82, 2.24) is 0 Å². The van der Waals surface area contributed by atoms with E-state index in [-0.39, 0.29) is 18.5 Å². The first kappa shape index (κ1) is 16.0. The number of carbonyl (C=O) groups excluding carboxylic acids is 2. The van der Waals surface area contributed by atoms with E-state index in [2.05, 4.69) is 0 Å². The van der Waals surface area contributed by atoms with Crippen LogP contribution in [0.1, 0.15) is 59.8 Å². The van der Waals surface area contributed by atoms with Gasteiger partial charge in [0.05, 0.1) is 5.92 Å². The second-order valence-electron chi connectivity index (χ2n) is 6.17. The van der Waals surface area contributed by atoms with Crippen molar-refractivity contribution >= 4 is 11.9 Å². The van der Waals surface area contributed by atoms with Gasteiger partial charge in [0.2, 0.25) is 0 Å². The zero-order valence-corrected chi connectivity index (χ0v) is 12.5. The predicted molar refractivity (Wildman–Crippen MR) is 72.5 cm³/mol. The summed E-state index contributed by atoms with van der Waals surface area (Å²) in [6, 6.07) is 0. The number of rotatable bonds is 5. The van der Waals surface area contributed by atoms with Gasteiger partial charge in [0.25, 0.3) is 0 Å². The van der Waals surface area contributed by atoms with Crippen LogP contribution in [-0.2, 0) is 19.1 Å². The van der Waals surface area contributed by atoms with Gasteiger partial charge < -0.3 is 9.47 Å². The standard InChI is InChI=1S/C15H26O4/c1-11(2)14(17)18-10-13(16)19-15(3,4)12-8-6-5-7-9-12/h11-12H,5-10H2,1-4H3. The third kappa shape index (κ3) is 5.21. The summed E-state index contributed by atoms with van der Waals surface area (Å²) in [5.74, 6) is -0.637. The van der Waals surface area contributed by atoms with Gasteiger partial charge in [0.1, 0.15) is 5.60 Å². The second-order valence-corrected chi connectivity index (χ2v) is 6.17. The van der Waals surface area contributed by atoms with Gasteiger partial charge in [-0.05, 0) is 32.6 Å². The van der Waals surface area contributed by atoms with E-state index < -0.39 is 11.6 Å². The van der Waals surface area contributed by atoms with Crippen LogP contribution in [0, 0.1) is 11.8 Å². The zero-order valence-electron chi connectivity index (χ0n) is 12.5. The van der Waals surface area contributed by atoms with Crippen LogP contribution < -0.4 is 0 Å². The van der Waals surface area contributed by atoms with Crippen LogP contribution in [0.15, 0.2) is 0 Å². The lowest BCUT2D eigenvalue weighted by Gasteiger charge is -2.36. The monoisotopic (exact) mass is 270 g/mol. The fourth-order valence-electron chi connectivity index (χ4n) is 2.50. The summed E-state index contributed by atoms with van der Waals surface area (Å²) in [7, 11) is 0. The average molecular weight is 270 g/mol.